The molecule has 0 amide bonds. The Labute approximate surface area is 87.0 Å². The minimum Gasteiger partial charge on any atom is -0.469 e. The van der Waals surface area contributed by atoms with Gasteiger partial charge in [-0.15, -0.1) is 0 Å². The maximum absolute atomic E-state index is 10.9. The molecule has 5 heteroatoms. The van der Waals surface area contributed by atoms with Gasteiger partial charge in [0, 0.05) is 0 Å². The van der Waals surface area contributed by atoms with Crippen LogP contribution in [-0.2, 0) is 31.9 Å². The first-order valence-corrected chi connectivity index (χ1v) is 4.37. The molecule has 15 heavy (non-hydrogen) atoms. The highest BCUT2D eigenvalue weighted by Gasteiger charge is 2.10. The van der Waals surface area contributed by atoms with Crippen molar-refractivity contribution in [2.45, 2.75) is 12.8 Å². The second-order valence-corrected chi connectivity index (χ2v) is 2.87. The molecular formula is C10H12O5. The molecular weight excluding hydrogens is 200 g/mol. The van der Waals surface area contributed by atoms with Gasteiger partial charge in [-0.05, 0) is 12.1 Å². The summed E-state index contributed by atoms with van der Waals surface area (Å²) in [6.07, 6.45) is 0.134. The lowest BCUT2D eigenvalue weighted by molar-refractivity contribution is -0.140. The Morgan fingerprint density at radius 3 is 1.80 bits per heavy atom. The summed E-state index contributed by atoms with van der Waals surface area (Å²) >= 11 is 0. The third-order valence-corrected chi connectivity index (χ3v) is 1.81. The molecule has 1 rings (SSSR count). The maximum atomic E-state index is 10.9. The number of ether oxygens (including phenoxy) is 2. The van der Waals surface area contributed by atoms with Crippen molar-refractivity contribution in [1.82, 2.24) is 0 Å². The smallest absolute Gasteiger partial charge is 0.313 e. The highest BCUT2D eigenvalue weighted by molar-refractivity contribution is 5.72. The zero-order valence-corrected chi connectivity index (χ0v) is 8.61. The molecule has 1 aromatic rings. The minimum absolute atomic E-state index is 0.0671. The molecule has 0 spiro atoms. The predicted molar refractivity (Wildman–Crippen MR) is 50.1 cm³/mol. The van der Waals surface area contributed by atoms with Crippen LogP contribution in [0.3, 0.4) is 0 Å². The fourth-order valence-electron chi connectivity index (χ4n) is 1.04. The zero-order valence-electron chi connectivity index (χ0n) is 8.61. The van der Waals surface area contributed by atoms with Crippen LogP contribution in [0.2, 0.25) is 0 Å². The van der Waals surface area contributed by atoms with E-state index in [-0.39, 0.29) is 24.8 Å². The van der Waals surface area contributed by atoms with Gasteiger partial charge in [0.15, 0.2) is 0 Å². The molecule has 0 saturated heterocycles. The first-order valence-electron chi connectivity index (χ1n) is 4.37. The topological polar surface area (TPSA) is 65.7 Å². The second-order valence-electron chi connectivity index (χ2n) is 2.87. The average Bonchev–Trinajstić information content (AvgIpc) is 2.65. The Morgan fingerprint density at radius 2 is 1.47 bits per heavy atom. The van der Waals surface area contributed by atoms with Gasteiger partial charge in [-0.1, -0.05) is 0 Å². The van der Waals surface area contributed by atoms with Gasteiger partial charge in [-0.25, -0.2) is 0 Å². The maximum Gasteiger partial charge on any atom is 0.313 e. The summed E-state index contributed by atoms with van der Waals surface area (Å²) in [4.78, 5) is 21.8. The van der Waals surface area contributed by atoms with Gasteiger partial charge in [0.05, 0.1) is 14.2 Å². The molecule has 0 aliphatic rings. The van der Waals surface area contributed by atoms with E-state index in [9.17, 15) is 9.59 Å². The van der Waals surface area contributed by atoms with Gasteiger partial charge in [-0.3, -0.25) is 9.59 Å². The van der Waals surface area contributed by atoms with E-state index in [1.165, 1.54) is 14.2 Å². The lowest BCUT2D eigenvalue weighted by atomic mass is 10.3. The Kier molecular flexibility index (Phi) is 3.91. The number of rotatable bonds is 4. The van der Waals surface area contributed by atoms with Crippen LogP contribution < -0.4 is 0 Å². The summed E-state index contributed by atoms with van der Waals surface area (Å²) in [5.74, 6) is 0.185. The Balaban J connectivity index is 2.56. The largest absolute Gasteiger partial charge is 0.469 e. The van der Waals surface area contributed by atoms with Crippen LogP contribution in [0.1, 0.15) is 11.5 Å². The van der Waals surface area contributed by atoms with Crippen LogP contribution in [0.25, 0.3) is 0 Å². The van der Waals surface area contributed by atoms with E-state index in [1.807, 2.05) is 0 Å². The first kappa shape index (κ1) is 11.3. The summed E-state index contributed by atoms with van der Waals surface area (Å²) in [6.45, 7) is 0. The van der Waals surface area contributed by atoms with Crippen molar-refractivity contribution in [3.05, 3.63) is 23.7 Å². The number of esters is 2. The van der Waals surface area contributed by atoms with Crippen LogP contribution in [0.5, 0.6) is 0 Å². The van der Waals surface area contributed by atoms with Crippen molar-refractivity contribution in [2.24, 2.45) is 0 Å². The number of hydrogen-bond donors (Lipinski definition) is 0. The van der Waals surface area contributed by atoms with E-state index in [0.717, 1.165) is 0 Å². The van der Waals surface area contributed by atoms with E-state index in [1.54, 1.807) is 12.1 Å². The third-order valence-electron chi connectivity index (χ3n) is 1.81. The van der Waals surface area contributed by atoms with Gasteiger partial charge in [0.1, 0.15) is 24.4 Å². The third kappa shape index (κ3) is 3.46. The highest BCUT2D eigenvalue weighted by atomic mass is 16.5. The van der Waals surface area contributed by atoms with Crippen molar-refractivity contribution in [3.63, 3.8) is 0 Å². The van der Waals surface area contributed by atoms with Crippen molar-refractivity contribution < 1.29 is 23.5 Å². The monoisotopic (exact) mass is 212 g/mol. The zero-order chi connectivity index (χ0) is 11.3. The van der Waals surface area contributed by atoms with Gasteiger partial charge in [-0.2, -0.15) is 0 Å². The fraction of sp³-hybridized carbons (Fsp3) is 0.400. The molecule has 0 radical (unpaired) electrons. The second kappa shape index (κ2) is 5.19. The first-order chi connectivity index (χ1) is 7.15. The molecule has 1 aromatic heterocycles. The van der Waals surface area contributed by atoms with Gasteiger partial charge in [0.25, 0.3) is 0 Å². The van der Waals surface area contributed by atoms with Crippen LogP contribution >= 0.6 is 0 Å². The van der Waals surface area contributed by atoms with Crippen LogP contribution in [0.4, 0.5) is 0 Å². The molecule has 0 aromatic carbocycles. The average molecular weight is 212 g/mol. The van der Waals surface area contributed by atoms with E-state index in [2.05, 4.69) is 9.47 Å². The minimum atomic E-state index is -0.381. The van der Waals surface area contributed by atoms with Crippen molar-refractivity contribution in [1.29, 1.82) is 0 Å². The number of carbonyl (C=O) groups excluding carboxylic acids is 2. The molecule has 0 saturated carbocycles. The molecule has 0 unspecified atom stereocenters. The van der Waals surface area contributed by atoms with E-state index in [0.29, 0.717) is 11.5 Å². The number of hydrogen-bond acceptors (Lipinski definition) is 5. The van der Waals surface area contributed by atoms with Crippen LogP contribution in [0, 0.1) is 0 Å². The van der Waals surface area contributed by atoms with Crippen LogP contribution in [0.15, 0.2) is 16.5 Å². The lowest BCUT2D eigenvalue weighted by Crippen LogP contribution is -2.04. The van der Waals surface area contributed by atoms with Gasteiger partial charge >= 0.3 is 11.9 Å². The van der Waals surface area contributed by atoms with Crippen molar-refractivity contribution in [2.75, 3.05) is 14.2 Å². The predicted octanol–water partition coefficient (Wildman–Crippen LogP) is 0.711. The van der Waals surface area contributed by atoms with E-state index in [4.69, 9.17) is 4.42 Å². The van der Waals surface area contributed by atoms with E-state index >= 15 is 0 Å². The standard InChI is InChI=1S/C10H12O5/c1-13-9(11)5-7-3-4-8(15-7)6-10(12)14-2/h3-4H,5-6H2,1-2H3. The molecule has 0 aliphatic carbocycles. The molecule has 0 N–H and O–H groups in total. The van der Waals surface area contributed by atoms with Crippen molar-refractivity contribution >= 4 is 11.9 Å². The number of furan rings is 1. The highest BCUT2D eigenvalue weighted by Crippen LogP contribution is 2.10. The van der Waals surface area contributed by atoms with E-state index < -0.39 is 0 Å². The molecule has 82 valence electrons. The van der Waals surface area contributed by atoms with Gasteiger partial charge < -0.3 is 13.9 Å². The van der Waals surface area contributed by atoms with Crippen LogP contribution in [-0.4, -0.2) is 26.2 Å². The molecule has 1 heterocycles. The summed E-state index contributed by atoms with van der Waals surface area (Å²) in [6, 6.07) is 3.27. The molecule has 5 nitrogen and oxygen atoms in total. The summed E-state index contributed by atoms with van der Waals surface area (Å²) in [5.41, 5.74) is 0. The normalized spacial score (nSPS) is 9.73. The van der Waals surface area contributed by atoms with Gasteiger partial charge in [0.2, 0.25) is 0 Å². The Morgan fingerprint density at radius 1 is 1.07 bits per heavy atom. The summed E-state index contributed by atoms with van der Waals surface area (Å²) < 4.78 is 14.2. The Hall–Kier alpha value is -1.78. The quantitative estimate of drug-likeness (QED) is 0.687. The molecule has 0 fully saturated rings. The molecule has 0 bridgehead atoms. The SMILES string of the molecule is COC(=O)Cc1ccc(CC(=O)OC)o1. The lowest BCUT2D eigenvalue weighted by Gasteiger charge is -1.96. The number of carbonyl (C=O) groups is 2. The number of methoxy groups -OCH3 is 2. The molecule has 0 aliphatic heterocycles. The fourth-order valence-corrected chi connectivity index (χ4v) is 1.04. The summed E-state index contributed by atoms with van der Waals surface area (Å²) in [7, 11) is 2.61. The Bertz CT molecular complexity index is 320. The summed E-state index contributed by atoms with van der Waals surface area (Å²) in [5, 5.41) is 0. The molecule has 0 atom stereocenters. The van der Waals surface area contributed by atoms with Crippen molar-refractivity contribution in [3.8, 4) is 0 Å².